The number of rotatable bonds is 7. The molecule has 0 spiro atoms. The fraction of sp³-hybridized carbons (Fsp3) is 0.429. The lowest BCUT2D eigenvalue weighted by molar-refractivity contribution is -0.116. The molecule has 1 atom stereocenters. The summed E-state index contributed by atoms with van der Waals surface area (Å²) in [5.74, 6) is 0.765. The van der Waals surface area contributed by atoms with Crippen LogP contribution >= 0.6 is 0 Å². The molecule has 0 aliphatic heterocycles. The highest BCUT2D eigenvalue weighted by molar-refractivity contribution is 5.96. The summed E-state index contributed by atoms with van der Waals surface area (Å²) in [6.07, 6.45) is 11.4. The van der Waals surface area contributed by atoms with Gasteiger partial charge < -0.3 is 0 Å². The Morgan fingerprint density at radius 1 is 1.18 bits per heavy atom. The molecule has 22 heavy (non-hydrogen) atoms. The van der Waals surface area contributed by atoms with E-state index in [-0.39, 0.29) is 11.7 Å². The van der Waals surface area contributed by atoms with E-state index >= 15 is 0 Å². The van der Waals surface area contributed by atoms with Gasteiger partial charge in [0.25, 0.3) is 0 Å². The highest BCUT2D eigenvalue weighted by atomic mass is 16.1. The first-order valence-corrected chi connectivity index (χ1v) is 8.46. The summed E-state index contributed by atoms with van der Waals surface area (Å²) in [7, 11) is 0. The number of hydrogen-bond acceptors (Lipinski definition) is 1. The molecule has 1 aromatic carbocycles. The predicted octanol–water partition coefficient (Wildman–Crippen LogP) is 5.65. The molecule has 1 unspecified atom stereocenters. The predicted molar refractivity (Wildman–Crippen MR) is 93.6 cm³/mol. The molecule has 0 bridgehead atoms. The van der Waals surface area contributed by atoms with Gasteiger partial charge in [0, 0.05) is 12.3 Å². The molecule has 1 aromatic rings. The molecule has 0 heterocycles. The van der Waals surface area contributed by atoms with Gasteiger partial charge in [-0.2, -0.15) is 0 Å². The van der Waals surface area contributed by atoms with E-state index in [0.717, 1.165) is 24.8 Å². The van der Waals surface area contributed by atoms with Crippen LogP contribution in [0.4, 0.5) is 0 Å². The summed E-state index contributed by atoms with van der Waals surface area (Å²) >= 11 is 0. The number of benzene rings is 1. The summed E-state index contributed by atoms with van der Waals surface area (Å²) in [4.78, 5) is 12.6. The third kappa shape index (κ3) is 4.69. The monoisotopic (exact) mass is 295 g/mol. The Bertz CT molecular complexity index is 506. The van der Waals surface area contributed by atoms with E-state index in [1.54, 1.807) is 0 Å². The first-order valence-electron chi connectivity index (χ1n) is 8.46. The molecule has 2 rings (SSSR count). The molecule has 1 fully saturated rings. The zero-order valence-corrected chi connectivity index (χ0v) is 13.5. The van der Waals surface area contributed by atoms with Crippen LogP contribution in [0.2, 0.25) is 0 Å². The lowest BCUT2D eigenvalue weighted by Gasteiger charge is -2.25. The quantitative estimate of drug-likeness (QED) is 0.469. The number of hydrogen-bond donors (Lipinski definition) is 0. The van der Waals surface area contributed by atoms with Crippen LogP contribution in [-0.2, 0) is 4.79 Å². The summed E-state index contributed by atoms with van der Waals surface area (Å²) in [5.41, 5.74) is 2.19. The van der Waals surface area contributed by atoms with Gasteiger partial charge in [0.05, 0.1) is 0 Å². The lowest BCUT2D eigenvalue weighted by atomic mass is 9.79. The van der Waals surface area contributed by atoms with Crippen molar-refractivity contribution >= 4 is 5.78 Å². The Labute approximate surface area is 135 Å². The fourth-order valence-electron chi connectivity index (χ4n) is 3.26. The number of ketones is 1. The first kappa shape index (κ1) is 16.7. The van der Waals surface area contributed by atoms with Crippen molar-refractivity contribution in [1.82, 2.24) is 0 Å². The summed E-state index contributed by atoms with van der Waals surface area (Å²) in [6.45, 7) is 7.99. The van der Waals surface area contributed by atoms with Gasteiger partial charge in [0.1, 0.15) is 0 Å². The Morgan fingerprint density at radius 2 is 1.86 bits per heavy atom. The van der Waals surface area contributed by atoms with E-state index < -0.39 is 0 Å². The van der Waals surface area contributed by atoms with Crippen LogP contribution in [0.15, 0.2) is 54.6 Å². The Hall–Kier alpha value is -1.63. The minimum Gasteiger partial charge on any atom is -0.295 e. The minimum atomic E-state index is 0.0470. The van der Waals surface area contributed by atoms with E-state index in [1.807, 2.05) is 24.3 Å². The maximum absolute atomic E-state index is 12.6. The van der Waals surface area contributed by atoms with Crippen molar-refractivity contribution in [2.75, 3.05) is 0 Å². The summed E-state index contributed by atoms with van der Waals surface area (Å²) in [6, 6.07) is 10.2. The average molecular weight is 295 g/mol. The lowest BCUT2D eigenvalue weighted by Crippen LogP contribution is -2.17. The van der Waals surface area contributed by atoms with Crippen LogP contribution in [0.5, 0.6) is 0 Å². The standard InChI is InChI=1S/C21H27O/c1-3-4-15-21(22)20(19-13-9-6-10-14-19)16-17(2)18-11-7-5-8-12-18/h3,5,7-8,11-12,16-17,19H,1-2,4,6,9-10,13-15H2. The van der Waals surface area contributed by atoms with E-state index in [1.165, 1.54) is 24.8 Å². The second-order valence-corrected chi connectivity index (χ2v) is 6.22. The van der Waals surface area contributed by atoms with Gasteiger partial charge >= 0.3 is 0 Å². The van der Waals surface area contributed by atoms with Gasteiger partial charge in [-0.1, -0.05) is 61.7 Å². The van der Waals surface area contributed by atoms with Gasteiger partial charge in [-0.25, -0.2) is 0 Å². The molecule has 0 amide bonds. The minimum absolute atomic E-state index is 0.0470. The Morgan fingerprint density at radius 3 is 2.50 bits per heavy atom. The van der Waals surface area contributed by atoms with E-state index in [9.17, 15) is 4.79 Å². The van der Waals surface area contributed by atoms with Gasteiger partial charge in [0.15, 0.2) is 5.78 Å². The highest BCUT2D eigenvalue weighted by Gasteiger charge is 2.23. The van der Waals surface area contributed by atoms with Crippen LogP contribution in [0.1, 0.15) is 56.4 Å². The smallest absolute Gasteiger partial charge is 0.159 e. The highest BCUT2D eigenvalue weighted by Crippen LogP contribution is 2.33. The zero-order valence-electron chi connectivity index (χ0n) is 13.5. The van der Waals surface area contributed by atoms with Crippen molar-refractivity contribution < 1.29 is 4.79 Å². The average Bonchev–Trinajstić information content (AvgIpc) is 2.59. The SMILES string of the molecule is [CH2]C(C=C(C(=O)CCC=C)C1CCCCC1)c1ccccc1. The molecule has 1 heteroatoms. The molecule has 1 saturated carbocycles. The normalized spacial score (nSPS) is 18.0. The van der Waals surface area contributed by atoms with E-state index in [4.69, 9.17) is 0 Å². The van der Waals surface area contributed by atoms with Crippen LogP contribution in [0.25, 0.3) is 0 Å². The molecule has 1 aliphatic carbocycles. The largest absolute Gasteiger partial charge is 0.295 e. The molecule has 1 aliphatic rings. The van der Waals surface area contributed by atoms with Crippen molar-refractivity contribution in [3.05, 3.63) is 67.1 Å². The number of carbonyl (C=O) groups is 1. The van der Waals surface area contributed by atoms with Crippen LogP contribution < -0.4 is 0 Å². The van der Waals surface area contributed by atoms with Crippen molar-refractivity contribution in [3.8, 4) is 0 Å². The molecule has 117 valence electrons. The van der Waals surface area contributed by atoms with Crippen LogP contribution in [0.3, 0.4) is 0 Å². The van der Waals surface area contributed by atoms with Crippen LogP contribution in [-0.4, -0.2) is 5.78 Å². The molecular weight excluding hydrogens is 268 g/mol. The molecule has 0 aromatic heterocycles. The van der Waals surface area contributed by atoms with Crippen molar-refractivity contribution in [2.24, 2.45) is 5.92 Å². The van der Waals surface area contributed by atoms with Crippen LogP contribution in [0, 0.1) is 12.8 Å². The second-order valence-electron chi connectivity index (χ2n) is 6.22. The molecule has 1 nitrogen and oxygen atoms in total. The fourth-order valence-corrected chi connectivity index (χ4v) is 3.26. The molecule has 0 saturated heterocycles. The third-order valence-electron chi connectivity index (χ3n) is 4.55. The maximum Gasteiger partial charge on any atom is 0.159 e. The van der Waals surface area contributed by atoms with Crippen molar-refractivity contribution in [3.63, 3.8) is 0 Å². The maximum atomic E-state index is 12.6. The number of Topliss-reactive ketones (excluding diaryl/α,β-unsaturated/α-hetero) is 1. The van der Waals surface area contributed by atoms with Crippen molar-refractivity contribution in [2.45, 2.75) is 50.9 Å². The van der Waals surface area contributed by atoms with E-state index in [2.05, 4.69) is 31.7 Å². The van der Waals surface area contributed by atoms with Gasteiger partial charge in [-0.05, 0) is 43.2 Å². The van der Waals surface area contributed by atoms with Gasteiger partial charge in [-0.15, -0.1) is 6.58 Å². The summed E-state index contributed by atoms with van der Waals surface area (Å²) in [5, 5.41) is 0. The zero-order chi connectivity index (χ0) is 15.8. The summed E-state index contributed by atoms with van der Waals surface area (Å²) < 4.78 is 0. The third-order valence-corrected chi connectivity index (χ3v) is 4.55. The molecule has 1 radical (unpaired) electrons. The molecule has 0 N–H and O–H groups in total. The topological polar surface area (TPSA) is 17.1 Å². The van der Waals surface area contributed by atoms with E-state index in [0.29, 0.717) is 12.3 Å². The number of carbonyl (C=O) groups excluding carboxylic acids is 1. The van der Waals surface area contributed by atoms with Gasteiger partial charge in [-0.3, -0.25) is 4.79 Å². The Balaban J connectivity index is 2.19. The van der Waals surface area contributed by atoms with Gasteiger partial charge in [0.2, 0.25) is 0 Å². The second kappa shape index (κ2) is 8.73. The van der Waals surface area contributed by atoms with Crippen molar-refractivity contribution in [1.29, 1.82) is 0 Å². The molecular formula is C21H27O. The first-order chi connectivity index (χ1) is 10.7. The number of allylic oxidation sites excluding steroid dienone is 3. The Kier molecular flexibility index (Phi) is 6.64.